The summed E-state index contributed by atoms with van der Waals surface area (Å²) in [5.74, 6) is 1.58. The van der Waals surface area contributed by atoms with Gasteiger partial charge >= 0.3 is 0 Å². The molecule has 1 amide bonds. The van der Waals surface area contributed by atoms with Crippen molar-refractivity contribution in [3.05, 3.63) is 71.4 Å². The van der Waals surface area contributed by atoms with Crippen LogP contribution in [-0.2, 0) is 4.79 Å². The lowest BCUT2D eigenvalue weighted by atomic mass is 9.85. The van der Waals surface area contributed by atoms with Crippen molar-refractivity contribution in [2.75, 3.05) is 19.0 Å². The summed E-state index contributed by atoms with van der Waals surface area (Å²) in [7, 11) is 1.61. The largest absolute Gasteiger partial charge is 0.493 e. The summed E-state index contributed by atoms with van der Waals surface area (Å²) < 4.78 is 14.4. The number of amides is 1. The van der Waals surface area contributed by atoms with Crippen LogP contribution in [0.4, 0.5) is 5.82 Å². The van der Waals surface area contributed by atoms with E-state index in [0.717, 1.165) is 32.2 Å². The first-order chi connectivity index (χ1) is 16.0. The Morgan fingerprint density at radius 2 is 2.15 bits per heavy atom. The summed E-state index contributed by atoms with van der Waals surface area (Å²) >= 11 is 1.55. The third-order valence-corrected chi connectivity index (χ3v) is 6.76. The summed E-state index contributed by atoms with van der Waals surface area (Å²) in [6, 6.07) is 11.9. The maximum absolute atomic E-state index is 12.8. The number of nitrogens with one attached hydrogen (secondary N) is 1. The van der Waals surface area contributed by atoms with Crippen LogP contribution in [0, 0.1) is 13.8 Å². The molecule has 2 aromatic carbocycles. The van der Waals surface area contributed by atoms with Gasteiger partial charge in [0, 0.05) is 23.5 Å². The smallest absolute Gasteiger partial charge is 0.226 e. The van der Waals surface area contributed by atoms with Gasteiger partial charge in [0.25, 0.3) is 0 Å². The number of nitrogens with zero attached hydrogens (tertiary/aromatic N) is 3. The van der Waals surface area contributed by atoms with Gasteiger partial charge in [0.05, 0.1) is 23.0 Å². The normalized spacial score (nSPS) is 15.2. The van der Waals surface area contributed by atoms with Crippen LogP contribution in [-0.4, -0.2) is 34.4 Å². The monoisotopic (exact) mass is 460 g/mol. The van der Waals surface area contributed by atoms with Crippen LogP contribution in [0.2, 0.25) is 0 Å². The van der Waals surface area contributed by atoms with Gasteiger partial charge in [-0.05, 0) is 37.6 Å². The van der Waals surface area contributed by atoms with E-state index >= 15 is 0 Å². The highest BCUT2D eigenvalue weighted by Crippen LogP contribution is 2.46. The number of carbonyl (C=O) groups excluding carboxylic acids is 1. The predicted octanol–water partition coefficient (Wildman–Crippen LogP) is 5.15. The molecule has 0 bridgehead atoms. The number of rotatable bonds is 6. The van der Waals surface area contributed by atoms with Gasteiger partial charge in [0.1, 0.15) is 12.4 Å². The number of thiazole rings is 1. The molecular weight excluding hydrogens is 436 g/mol. The Hall–Kier alpha value is -3.65. The molecule has 0 unspecified atom stereocenters. The van der Waals surface area contributed by atoms with Gasteiger partial charge in [0.15, 0.2) is 11.5 Å². The standard InChI is InChI=1S/C25H24N4O3S/c1-5-11-32-23-16(7-6-8-19(23)31-4)17-13-21(30)27-24-22(17)15(3)28-29(24)25-26-18-10-9-14(2)12-20(18)33-25/h5-10,12,17H,1,11,13H2,2-4H3,(H,27,30)/t17-/m0/s1. The first-order valence-electron chi connectivity index (χ1n) is 10.7. The molecular formula is C25H24N4O3S. The van der Waals surface area contributed by atoms with E-state index in [0.29, 0.717) is 23.9 Å². The van der Waals surface area contributed by atoms with Crippen molar-refractivity contribution in [1.29, 1.82) is 0 Å². The van der Waals surface area contributed by atoms with Crippen LogP contribution in [0.15, 0.2) is 49.1 Å². The molecule has 4 aromatic rings. The third-order valence-electron chi connectivity index (χ3n) is 5.77. The number of anilines is 1. The van der Waals surface area contributed by atoms with Gasteiger partial charge in [-0.1, -0.05) is 42.2 Å². The van der Waals surface area contributed by atoms with E-state index in [4.69, 9.17) is 19.6 Å². The Morgan fingerprint density at radius 1 is 1.30 bits per heavy atom. The molecule has 0 aliphatic carbocycles. The van der Waals surface area contributed by atoms with Gasteiger partial charge in [0.2, 0.25) is 11.0 Å². The number of aromatic nitrogens is 3. The summed E-state index contributed by atoms with van der Waals surface area (Å²) in [4.78, 5) is 17.6. The molecule has 1 aliphatic heterocycles. The zero-order valence-corrected chi connectivity index (χ0v) is 19.5. The predicted molar refractivity (Wildman–Crippen MR) is 130 cm³/mol. The average molecular weight is 461 g/mol. The van der Waals surface area contributed by atoms with E-state index in [1.165, 1.54) is 5.56 Å². The molecule has 0 fully saturated rings. The number of para-hydroxylation sites is 1. The van der Waals surface area contributed by atoms with Crippen molar-refractivity contribution in [3.8, 4) is 16.6 Å². The van der Waals surface area contributed by atoms with Gasteiger partial charge in [-0.2, -0.15) is 9.78 Å². The number of ether oxygens (including phenoxy) is 2. The SMILES string of the molecule is C=CCOc1c(OC)cccc1[C@@H]1CC(=O)Nc2c1c(C)nn2-c1nc2ccc(C)cc2s1. The fourth-order valence-electron chi connectivity index (χ4n) is 4.33. The highest BCUT2D eigenvalue weighted by Gasteiger charge is 2.35. The molecule has 7 nitrogen and oxygen atoms in total. The molecule has 0 saturated carbocycles. The Kier molecular flexibility index (Phi) is 5.38. The van der Waals surface area contributed by atoms with Crippen LogP contribution in [0.3, 0.4) is 0 Å². The molecule has 1 aliphatic rings. The summed E-state index contributed by atoms with van der Waals surface area (Å²) in [5, 5.41) is 8.54. The van der Waals surface area contributed by atoms with Gasteiger partial charge in [-0.15, -0.1) is 0 Å². The number of fused-ring (bicyclic) bond motifs is 2. The molecule has 0 saturated heterocycles. The number of methoxy groups -OCH3 is 1. The lowest BCUT2D eigenvalue weighted by Gasteiger charge is -2.26. The quantitative estimate of drug-likeness (QED) is 0.403. The number of hydrogen-bond donors (Lipinski definition) is 1. The second-order valence-electron chi connectivity index (χ2n) is 8.01. The van der Waals surface area contributed by atoms with Gasteiger partial charge < -0.3 is 14.8 Å². The highest BCUT2D eigenvalue weighted by atomic mass is 32.1. The van der Waals surface area contributed by atoms with Crippen molar-refractivity contribution >= 4 is 33.3 Å². The zero-order valence-electron chi connectivity index (χ0n) is 18.7. The summed E-state index contributed by atoms with van der Waals surface area (Å²) in [5.41, 5.74) is 4.77. The molecule has 3 heterocycles. The Bertz CT molecular complexity index is 1390. The fourth-order valence-corrected chi connectivity index (χ4v) is 5.35. The second-order valence-corrected chi connectivity index (χ2v) is 9.02. The Balaban J connectivity index is 1.66. The van der Waals surface area contributed by atoms with E-state index in [1.807, 2.05) is 37.3 Å². The maximum Gasteiger partial charge on any atom is 0.226 e. The zero-order chi connectivity index (χ0) is 23.1. The minimum atomic E-state index is -0.228. The van der Waals surface area contributed by atoms with Crippen molar-refractivity contribution in [2.24, 2.45) is 0 Å². The van der Waals surface area contributed by atoms with Crippen LogP contribution >= 0.6 is 11.3 Å². The van der Waals surface area contributed by atoms with E-state index in [-0.39, 0.29) is 18.2 Å². The summed E-state index contributed by atoms with van der Waals surface area (Å²) in [6.07, 6.45) is 1.98. The first-order valence-corrected chi connectivity index (χ1v) is 11.5. The number of carbonyl (C=O) groups is 1. The number of benzene rings is 2. The van der Waals surface area contributed by atoms with Crippen LogP contribution in [0.1, 0.15) is 34.7 Å². The van der Waals surface area contributed by atoms with Crippen molar-refractivity contribution in [3.63, 3.8) is 0 Å². The average Bonchev–Trinajstić information content (AvgIpc) is 3.37. The topological polar surface area (TPSA) is 78.3 Å². The van der Waals surface area contributed by atoms with E-state index < -0.39 is 0 Å². The molecule has 2 aromatic heterocycles. The minimum absolute atomic E-state index is 0.0805. The number of hydrogen-bond acceptors (Lipinski definition) is 6. The maximum atomic E-state index is 12.8. The van der Waals surface area contributed by atoms with Crippen molar-refractivity contribution < 1.29 is 14.3 Å². The molecule has 0 radical (unpaired) electrons. The molecule has 168 valence electrons. The molecule has 33 heavy (non-hydrogen) atoms. The van der Waals surface area contributed by atoms with Gasteiger partial charge in [-0.25, -0.2) is 4.98 Å². The third kappa shape index (κ3) is 3.66. The highest BCUT2D eigenvalue weighted by molar-refractivity contribution is 7.20. The lowest BCUT2D eigenvalue weighted by molar-refractivity contribution is -0.116. The number of aryl methyl sites for hydroxylation is 2. The Labute approximate surface area is 195 Å². The molecule has 1 N–H and O–H groups in total. The minimum Gasteiger partial charge on any atom is -0.493 e. The van der Waals surface area contributed by atoms with Crippen LogP contribution in [0.25, 0.3) is 15.3 Å². The van der Waals surface area contributed by atoms with E-state index in [2.05, 4.69) is 24.9 Å². The van der Waals surface area contributed by atoms with Crippen LogP contribution < -0.4 is 14.8 Å². The van der Waals surface area contributed by atoms with E-state index in [1.54, 1.807) is 29.2 Å². The van der Waals surface area contributed by atoms with Crippen LogP contribution in [0.5, 0.6) is 11.5 Å². The Morgan fingerprint density at radius 3 is 2.94 bits per heavy atom. The van der Waals surface area contributed by atoms with Crippen molar-refractivity contribution in [2.45, 2.75) is 26.2 Å². The fraction of sp³-hybridized carbons (Fsp3) is 0.240. The molecule has 0 spiro atoms. The molecule has 1 atom stereocenters. The van der Waals surface area contributed by atoms with Crippen molar-refractivity contribution in [1.82, 2.24) is 14.8 Å². The molecule has 5 rings (SSSR count). The van der Waals surface area contributed by atoms with Gasteiger partial charge in [-0.3, -0.25) is 4.79 Å². The molecule has 8 heteroatoms. The summed E-state index contributed by atoms with van der Waals surface area (Å²) in [6.45, 7) is 8.10. The second kappa shape index (κ2) is 8.37. The van der Waals surface area contributed by atoms with E-state index in [9.17, 15) is 4.79 Å². The first kappa shape index (κ1) is 21.2. The lowest BCUT2D eigenvalue weighted by Crippen LogP contribution is -2.25.